The highest BCUT2D eigenvalue weighted by atomic mass is 16.5. The molecule has 0 aromatic rings. The maximum absolute atomic E-state index is 11.9. The second kappa shape index (κ2) is 2.48. The molecule has 0 aliphatic carbocycles. The minimum absolute atomic E-state index is 0.723. The van der Waals surface area contributed by atoms with E-state index in [2.05, 4.69) is 0 Å². The van der Waals surface area contributed by atoms with Crippen LogP contribution in [0.2, 0.25) is 0 Å². The molecule has 1 heterocycles. The summed E-state index contributed by atoms with van der Waals surface area (Å²) in [6, 6.07) is 0. The SMILES string of the molecule is [2H]C([2H])([2H])C1([2H])COCC([2H])(C([2H])([2H])[2H])C1=O. The molecule has 2 atom stereocenters. The van der Waals surface area contributed by atoms with Crippen molar-refractivity contribution in [2.75, 3.05) is 13.2 Å². The van der Waals surface area contributed by atoms with Gasteiger partial charge in [0.15, 0.2) is 0 Å². The lowest BCUT2D eigenvalue weighted by Crippen LogP contribution is -2.32. The van der Waals surface area contributed by atoms with Crippen LogP contribution in [0.25, 0.3) is 0 Å². The fraction of sp³-hybridized carbons (Fsp3) is 0.857. The van der Waals surface area contributed by atoms with Crippen LogP contribution < -0.4 is 0 Å². The Morgan fingerprint density at radius 1 is 1.67 bits per heavy atom. The Morgan fingerprint density at radius 3 is 2.67 bits per heavy atom. The zero-order chi connectivity index (χ0) is 13.7. The number of hydrogen-bond acceptors (Lipinski definition) is 2. The van der Waals surface area contributed by atoms with E-state index in [-0.39, 0.29) is 0 Å². The molecule has 0 amide bonds. The maximum Gasteiger partial charge on any atom is 0.143 e. The fourth-order valence-corrected chi connectivity index (χ4v) is 0.568. The second-order valence-corrected chi connectivity index (χ2v) is 1.78. The van der Waals surface area contributed by atoms with Crippen molar-refractivity contribution in [3.8, 4) is 0 Å². The lowest BCUT2D eigenvalue weighted by molar-refractivity contribution is -0.135. The zero-order valence-corrected chi connectivity index (χ0v) is 4.73. The van der Waals surface area contributed by atoms with Crippen LogP contribution in [0.1, 0.15) is 24.7 Å². The number of ketones is 1. The van der Waals surface area contributed by atoms with Crippen LogP contribution >= 0.6 is 0 Å². The molecule has 0 aromatic carbocycles. The quantitative estimate of drug-likeness (QED) is 0.493. The first-order valence-corrected chi connectivity index (χ1v) is 2.49. The van der Waals surface area contributed by atoms with Gasteiger partial charge in [0.25, 0.3) is 0 Å². The van der Waals surface area contributed by atoms with Crippen LogP contribution in [0.3, 0.4) is 0 Å². The highest BCUT2D eigenvalue weighted by Crippen LogP contribution is 2.13. The molecule has 0 aromatic heterocycles. The first-order valence-electron chi connectivity index (χ1n) is 6.49. The molecule has 1 aliphatic rings. The summed E-state index contributed by atoms with van der Waals surface area (Å²) in [6.07, 6.45) is 0. The number of ether oxygens (including phenoxy) is 1. The van der Waals surface area contributed by atoms with Crippen molar-refractivity contribution >= 4 is 5.78 Å². The van der Waals surface area contributed by atoms with E-state index in [1.807, 2.05) is 0 Å². The predicted octanol–water partition coefficient (Wildman–Crippen LogP) is 0.858. The number of carbonyl (C=O) groups is 1. The van der Waals surface area contributed by atoms with Gasteiger partial charge >= 0.3 is 0 Å². The Hall–Kier alpha value is -0.370. The topological polar surface area (TPSA) is 26.3 Å². The first-order chi connectivity index (χ1) is 7.36. The number of rotatable bonds is 0. The van der Waals surface area contributed by atoms with Crippen LogP contribution in [-0.4, -0.2) is 19.0 Å². The van der Waals surface area contributed by atoms with Crippen LogP contribution in [0.5, 0.6) is 0 Å². The molecule has 1 saturated heterocycles. The summed E-state index contributed by atoms with van der Waals surface area (Å²) in [7, 11) is 0. The summed E-state index contributed by atoms with van der Waals surface area (Å²) < 4.78 is 62.6. The maximum atomic E-state index is 11.9. The normalized spacial score (nSPS) is 69.1. The molecule has 2 nitrogen and oxygen atoms in total. The zero-order valence-electron chi connectivity index (χ0n) is 12.7. The van der Waals surface area contributed by atoms with Gasteiger partial charge in [-0.15, -0.1) is 0 Å². The number of hydrogen-bond donors (Lipinski definition) is 0. The van der Waals surface area contributed by atoms with Crippen molar-refractivity contribution in [1.82, 2.24) is 0 Å². The predicted molar refractivity (Wildman–Crippen MR) is 34.2 cm³/mol. The summed E-state index contributed by atoms with van der Waals surface area (Å²) >= 11 is 0. The molecule has 0 bridgehead atoms. The van der Waals surface area contributed by atoms with Gasteiger partial charge in [-0.2, -0.15) is 0 Å². The third-order valence-corrected chi connectivity index (χ3v) is 1.04. The van der Waals surface area contributed by atoms with Gasteiger partial charge in [0.2, 0.25) is 0 Å². The Bertz CT molecular complexity index is 304. The van der Waals surface area contributed by atoms with Gasteiger partial charge in [-0.05, 0) is 0 Å². The Balaban J connectivity index is 3.23. The van der Waals surface area contributed by atoms with E-state index in [1.165, 1.54) is 0 Å². The van der Waals surface area contributed by atoms with Crippen molar-refractivity contribution in [2.24, 2.45) is 11.8 Å². The van der Waals surface area contributed by atoms with E-state index >= 15 is 0 Å². The summed E-state index contributed by atoms with van der Waals surface area (Å²) in [6.45, 7) is -7.50. The largest absolute Gasteiger partial charge is 0.380 e. The van der Waals surface area contributed by atoms with Crippen molar-refractivity contribution in [2.45, 2.75) is 13.7 Å². The Morgan fingerprint density at radius 2 is 2.22 bits per heavy atom. The molecule has 1 fully saturated rings. The molecule has 9 heavy (non-hydrogen) atoms. The first kappa shape index (κ1) is 1.82. The van der Waals surface area contributed by atoms with Crippen molar-refractivity contribution in [1.29, 1.82) is 0 Å². The van der Waals surface area contributed by atoms with E-state index in [1.54, 1.807) is 0 Å². The molecule has 0 spiro atoms. The van der Waals surface area contributed by atoms with E-state index in [0.717, 1.165) is 0 Å². The van der Waals surface area contributed by atoms with Gasteiger partial charge < -0.3 is 4.74 Å². The van der Waals surface area contributed by atoms with Crippen LogP contribution in [0.15, 0.2) is 0 Å². The highest BCUT2D eigenvalue weighted by molar-refractivity contribution is 5.83. The van der Waals surface area contributed by atoms with E-state index in [9.17, 15) is 4.79 Å². The minimum Gasteiger partial charge on any atom is -0.380 e. The van der Waals surface area contributed by atoms with Gasteiger partial charge in [-0.25, -0.2) is 0 Å². The lowest BCUT2D eigenvalue weighted by atomic mass is 9.95. The fourth-order valence-electron chi connectivity index (χ4n) is 0.568. The molecule has 52 valence electrons. The average Bonchev–Trinajstić information content (AvgIpc) is 2.10. The Labute approximate surface area is 66.4 Å². The molecule has 0 N–H and O–H groups in total. The summed E-state index contributed by atoms with van der Waals surface area (Å²) in [5, 5.41) is 0. The smallest absolute Gasteiger partial charge is 0.143 e. The van der Waals surface area contributed by atoms with Crippen LogP contribution in [0.4, 0.5) is 0 Å². The molecule has 2 unspecified atom stereocenters. The molecular weight excluding hydrogens is 116 g/mol. The molecule has 2 heteroatoms. The van der Waals surface area contributed by atoms with Gasteiger partial charge in [0.1, 0.15) is 5.78 Å². The van der Waals surface area contributed by atoms with Crippen molar-refractivity contribution in [3.63, 3.8) is 0 Å². The number of carbonyl (C=O) groups excluding carboxylic acids is 1. The third kappa shape index (κ3) is 1.30. The van der Waals surface area contributed by atoms with Gasteiger partial charge in [0.05, 0.1) is 13.2 Å². The molecule has 0 radical (unpaired) electrons. The highest BCUT2D eigenvalue weighted by Gasteiger charge is 2.24. The minimum atomic E-state index is -3.03. The summed E-state index contributed by atoms with van der Waals surface area (Å²) in [5.74, 6) is -6.82. The van der Waals surface area contributed by atoms with Crippen LogP contribution in [-0.2, 0) is 9.53 Å². The van der Waals surface area contributed by atoms with Gasteiger partial charge in [0, 0.05) is 22.8 Å². The Kier molecular flexibility index (Phi) is 0.501. The second-order valence-electron chi connectivity index (χ2n) is 1.78. The van der Waals surface area contributed by atoms with Gasteiger partial charge in [-0.1, -0.05) is 13.7 Å². The van der Waals surface area contributed by atoms with Crippen molar-refractivity contribution in [3.05, 3.63) is 0 Å². The molecule has 0 saturated carbocycles. The van der Waals surface area contributed by atoms with Crippen LogP contribution in [0, 0.1) is 11.8 Å². The van der Waals surface area contributed by atoms with E-state index < -0.39 is 44.5 Å². The molecular formula is C7H12O2. The van der Waals surface area contributed by atoms with E-state index in [0.29, 0.717) is 0 Å². The standard InChI is InChI=1S/C7H12O2/c1-5-3-9-4-6(2)7(5)8/h5-6H,3-4H2,1-2H3/i1D3,2D3,5D,6D. The monoisotopic (exact) mass is 136 g/mol. The molecule has 1 aliphatic heterocycles. The summed E-state index contributed by atoms with van der Waals surface area (Å²) in [5.41, 5.74) is 0. The third-order valence-electron chi connectivity index (χ3n) is 1.04. The van der Waals surface area contributed by atoms with E-state index in [4.69, 9.17) is 15.7 Å². The van der Waals surface area contributed by atoms with Crippen molar-refractivity contribution < 1.29 is 20.5 Å². The summed E-state index contributed by atoms with van der Waals surface area (Å²) in [4.78, 5) is 11.9. The van der Waals surface area contributed by atoms with Gasteiger partial charge in [-0.3, -0.25) is 4.79 Å². The lowest BCUT2D eigenvalue weighted by Gasteiger charge is -2.22. The molecule has 1 rings (SSSR count). The average molecular weight is 136 g/mol. The number of Topliss-reactive ketones (excluding diaryl/α,β-unsaturated/α-hetero) is 1.